The molecule has 110 heavy (non-hydrogen) atoms. The number of nitrogens with zero attached hydrogens (tertiary/aromatic N) is 4. The normalized spacial score (nSPS) is 13.1. The summed E-state index contributed by atoms with van der Waals surface area (Å²) < 4.78 is 30.6. The lowest BCUT2D eigenvalue weighted by atomic mass is 10.2. The summed E-state index contributed by atoms with van der Waals surface area (Å²) in [5.74, 6) is -9.35. The molecule has 5 aliphatic rings. The van der Waals surface area contributed by atoms with Crippen molar-refractivity contribution in [3.05, 3.63) is 60.8 Å². The number of aliphatic carboxylic acids is 4. The van der Waals surface area contributed by atoms with E-state index in [4.69, 9.17) is 54.1 Å². The molecule has 7 N–H and O–H groups in total. The molecule has 0 atom stereocenters. The number of amides is 9. The van der Waals surface area contributed by atoms with Crippen molar-refractivity contribution >= 4 is 194 Å². The average molecular weight is 1680 g/mol. The van der Waals surface area contributed by atoms with Crippen LogP contribution in [0.25, 0.3) is 0 Å². The number of rotatable bonds is 38. The largest absolute Gasteiger partial charge is 0.536 e. The molecular formula is C65H89Cl3N6O33S3. The van der Waals surface area contributed by atoms with Gasteiger partial charge in [-0.3, -0.25) is 86.7 Å². The Hall–Kier alpha value is -9.75. The number of nitrogens with two attached hydrogens (primary N) is 1. The number of hydrogen-bond acceptors (Lipinski definition) is 33. The van der Waals surface area contributed by atoms with Crippen LogP contribution in [0.1, 0.15) is 141 Å². The van der Waals surface area contributed by atoms with Gasteiger partial charge in [-0.15, -0.1) is 0 Å². The second-order valence-electron chi connectivity index (χ2n) is 20.7. The maximum Gasteiger partial charge on any atom is 0.536 e. The summed E-state index contributed by atoms with van der Waals surface area (Å²) in [5.41, 5.74) is 4.33. The Labute approximate surface area is 659 Å². The minimum Gasteiger partial charge on any atom is -0.481 e. The summed E-state index contributed by atoms with van der Waals surface area (Å²) >= 11 is 19.9. The first-order valence-corrected chi connectivity index (χ1v) is 37.4. The fraction of sp³-hybridized carbons (Fsp3) is 0.523. The van der Waals surface area contributed by atoms with Crippen molar-refractivity contribution in [2.75, 3.05) is 77.2 Å². The Morgan fingerprint density at radius 1 is 0.473 bits per heavy atom. The topological polar surface area (TPSA) is 564 Å². The van der Waals surface area contributed by atoms with Crippen molar-refractivity contribution in [3.8, 4) is 0 Å². The lowest BCUT2D eigenvalue weighted by Gasteiger charge is -2.13. The van der Waals surface area contributed by atoms with E-state index in [1.165, 1.54) is 46.3 Å². The van der Waals surface area contributed by atoms with Gasteiger partial charge in [0.2, 0.25) is 19.5 Å². The second-order valence-corrected chi connectivity index (χ2v) is 22.9. The SMILES string of the molecule is CS.CSC(=O)OCCl.CSC(=O)OCOC(=O)CCCCCN1C(=O)C=CC1=O.NCCCCCC(=O)O.O=C(CCCCCN1C(=O)C=CC1=O)OCOC(=O)ON1C(=O)CCC1=O.O=C(Cl)OCCl.O=C(O)/C=C\C(=O)NCCCCCC(=O)O.O=C(O)CCCCCN1C(=O)C=CC1=O.O=C1C=CC(=O)O1. The molecule has 1 saturated heterocycles. The first-order valence-electron chi connectivity index (χ1n) is 32.6. The van der Waals surface area contributed by atoms with Crippen LogP contribution in [-0.4, -0.2) is 241 Å². The lowest BCUT2D eigenvalue weighted by Crippen LogP contribution is -2.32. The predicted octanol–water partition coefficient (Wildman–Crippen LogP) is 6.61. The van der Waals surface area contributed by atoms with E-state index in [9.17, 15) is 101 Å². The van der Waals surface area contributed by atoms with E-state index in [2.05, 4.69) is 62.8 Å². The number of carboxylic acid groups (broad SMARTS) is 4. The summed E-state index contributed by atoms with van der Waals surface area (Å²) in [5, 5.41) is 35.1. The molecule has 0 aliphatic carbocycles. The molecule has 0 saturated carbocycles. The maximum absolute atomic E-state index is 11.5. The number of unbranched alkanes of at least 4 members (excludes halogenated alkanes) is 10. The molecule has 5 heterocycles. The molecular weight excluding hydrogens is 1600 g/mol. The summed E-state index contributed by atoms with van der Waals surface area (Å²) in [6.45, 7) is 1.01. The van der Waals surface area contributed by atoms with Gasteiger partial charge in [-0.1, -0.05) is 60.4 Å². The Balaban J connectivity index is -0.000000611. The van der Waals surface area contributed by atoms with Crippen LogP contribution in [0.3, 0.4) is 0 Å². The number of hydroxylamine groups is 2. The first kappa shape index (κ1) is 107. The zero-order valence-corrected chi connectivity index (χ0v) is 64.9. The number of ether oxygens (including phenoxy) is 7. The Kier molecular flexibility index (Phi) is 67.5. The van der Waals surface area contributed by atoms with Crippen LogP contribution in [0.2, 0.25) is 0 Å². The first-order chi connectivity index (χ1) is 52.2. The number of thiol groups is 1. The number of alkyl halides is 2. The number of carbonyl (C=O) groups excluding carboxylic acids is 17. The number of imide groups is 4. The molecule has 0 aromatic rings. The smallest absolute Gasteiger partial charge is 0.481 e. The number of carboxylic acids is 4. The van der Waals surface area contributed by atoms with Crippen LogP contribution in [-0.2, 0) is 120 Å². The molecule has 616 valence electrons. The van der Waals surface area contributed by atoms with E-state index >= 15 is 0 Å². The molecule has 45 heteroatoms. The Bertz CT molecular complexity index is 3120. The van der Waals surface area contributed by atoms with Gasteiger partial charge in [-0.2, -0.15) is 12.6 Å². The molecule has 0 bridgehead atoms. The fourth-order valence-electron chi connectivity index (χ4n) is 7.40. The van der Waals surface area contributed by atoms with Crippen LogP contribution in [0.15, 0.2) is 60.8 Å². The van der Waals surface area contributed by atoms with Gasteiger partial charge in [0, 0.05) is 143 Å². The van der Waals surface area contributed by atoms with E-state index in [1.54, 1.807) is 18.8 Å². The van der Waals surface area contributed by atoms with Crippen LogP contribution >= 0.6 is 71.0 Å². The molecule has 0 aromatic carbocycles. The third kappa shape index (κ3) is 63.2. The zero-order chi connectivity index (χ0) is 84.2. The van der Waals surface area contributed by atoms with Gasteiger partial charge < -0.3 is 64.6 Å². The van der Waals surface area contributed by atoms with Crippen LogP contribution in [0.4, 0.5) is 19.2 Å². The highest BCUT2D eigenvalue weighted by molar-refractivity contribution is 8.12. The number of halogens is 3. The number of hydrogen-bond donors (Lipinski definition) is 7. The fourth-order valence-corrected chi connectivity index (χ4v) is 8.12. The van der Waals surface area contributed by atoms with Crippen molar-refractivity contribution in [1.29, 1.82) is 0 Å². The average Bonchev–Trinajstić information content (AvgIpc) is 1.76. The van der Waals surface area contributed by atoms with Crippen molar-refractivity contribution in [1.82, 2.24) is 25.1 Å². The van der Waals surface area contributed by atoms with Gasteiger partial charge in [0.05, 0.1) is 0 Å². The van der Waals surface area contributed by atoms with Crippen molar-refractivity contribution in [3.63, 3.8) is 0 Å². The highest BCUT2D eigenvalue weighted by Crippen LogP contribution is 2.15. The van der Waals surface area contributed by atoms with Gasteiger partial charge in [0.1, 0.15) is 0 Å². The molecule has 0 radical (unpaired) electrons. The number of carbonyl (C=O) groups is 21. The van der Waals surface area contributed by atoms with Crippen LogP contribution in [0.5, 0.6) is 0 Å². The quantitative estimate of drug-likeness (QED) is 0.00326. The van der Waals surface area contributed by atoms with Crippen molar-refractivity contribution < 1.29 is 159 Å². The standard InChI is InChI=1S/C16H18N2O9.C13H17NO6S.C10H15NO5.C10H13NO4.C6H13NO2.C4H2O3.C3H5ClO2S.C2H2Cl2O2.CH4S/c19-11-5-6-12(20)17(11)9-3-1-2-4-15(23)25-10-26-16(24)27-18-13(21)7-8-14(18)22;1-21-13(18)20-9-19-12(17)5-3-2-4-8-14-10(15)6-7-11(14)16;12-8(5-6-10(15)16)11-7-3-1-2-4-9(13)14;12-8-5-6-9(13)11(8)7-3-1-2-4-10(14)15;7-5-3-1-2-4-6(8)9;5-3-1-2-4(6)7-3;1-7-3(5)6-2-4;3-1-6-2(4)5;1-2/h5-6H,1-4,7-10H2;6-7H,2-5,8-9H2,1H3;5-6H,1-4,7H2,(H,11,12)(H,13,14)(H,15,16);5-6H,1-4,7H2,(H,14,15);1-5,7H2,(H,8,9);1-2H;2H2,1H3;1H2;2H,1H3/b;;6-5-;;;;;;. The zero-order valence-electron chi connectivity index (χ0n) is 60.1. The third-order valence-corrected chi connectivity index (χ3v) is 13.8. The highest BCUT2D eigenvalue weighted by Gasteiger charge is 2.34. The minimum absolute atomic E-state index is 0.0440. The van der Waals surface area contributed by atoms with Gasteiger partial charge in [0.25, 0.3) is 47.3 Å². The monoisotopic (exact) mass is 1680 g/mol. The van der Waals surface area contributed by atoms with Crippen LogP contribution < -0.4 is 11.1 Å². The maximum atomic E-state index is 11.5. The number of thioether (sulfide) groups is 2. The molecule has 0 unspecified atom stereocenters. The molecule has 5 rings (SSSR count). The number of cyclic esters (lactones) is 2. The van der Waals surface area contributed by atoms with Gasteiger partial charge in [-0.25, -0.2) is 33.6 Å². The second kappa shape index (κ2) is 69.7. The van der Waals surface area contributed by atoms with Crippen LogP contribution in [0, 0.1) is 0 Å². The molecule has 9 amide bonds. The van der Waals surface area contributed by atoms with E-state index in [1.807, 2.05) is 0 Å². The highest BCUT2D eigenvalue weighted by atomic mass is 35.5. The summed E-state index contributed by atoms with van der Waals surface area (Å²) in [7, 11) is 0. The summed E-state index contributed by atoms with van der Waals surface area (Å²) in [6, 6.07) is -0.234. The van der Waals surface area contributed by atoms with Crippen molar-refractivity contribution in [2.45, 2.75) is 141 Å². The molecule has 1 fully saturated rings. The Morgan fingerprint density at radius 2 is 0.818 bits per heavy atom. The molecule has 39 nitrogen and oxygen atoms in total. The van der Waals surface area contributed by atoms with Crippen molar-refractivity contribution in [2.24, 2.45) is 5.73 Å². The molecule has 0 aromatic heterocycles. The number of esters is 4. The van der Waals surface area contributed by atoms with E-state index in [0.29, 0.717) is 102 Å². The minimum atomic E-state index is -1.33. The van der Waals surface area contributed by atoms with Gasteiger partial charge >= 0.3 is 69.9 Å². The number of nitrogens with one attached hydrogen (secondary N) is 1. The lowest BCUT2D eigenvalue weighted by molar-refractivity contribution is -0.182. The van der Waals surface area contributed by atoms with E-state index < -0.39 is 89.2 Å². The molecule has 0 spiro atoms. The summed E-state index contributed by atoms with van der Waals surface area (Å²) in [6.07, 6.45) is 25.6. The summed E-state index contributed by atoms with van der Waals surface area (Å²) in [4.78, 5) is 233. The third-order valence-electron chi connectivity index (χ3n) is 12.5. The van der Waals surface area contributed by atoms with Gasteiger partial charge in [-0.05, 0) is 113 Å². The Morgan fingerprint density at radius 3 is 1.12 bits per heavy atom. The molecule has 5 aliphatic heterocycles. The van der Waals surface area contributed by atoms with E-state index in [-0.39, 0.29) is 111 Å². The predicted molar refractivity (Wildman–Crippen MR) is 391 cm³/mol. The van der Waals surface area contributed by atoms with E-state index in [0.717, 1.165) is 78.4 Å². The van der Waals surface area contributed by atoms with Gasteiger partial charge in [0.15, 0.2) is 12.1 Å².